The van der Waals surface area contributed by atoms with E-state index in [0.717, 1.165) is 24.6 Å². The average molecular weight is 652 g/mol. The SMILES string of the molecule is Cc1nn(CC(N)=O)c(C2CC2)c1-c1cc(F)c(C=O)c(N2CC[C@]3(C[C@@H]2C)N=C(c2ccc(C(F)(F)F)nc2C2CC2)NC3=O)c1. The predicted molar refractivity (Wildman–Crippen MR) is 164 cm³/mol. The maximum absolute atomic E-state index is 15.7. The van der Waals surface area contributed by atoms with Crippen LogP contribution in [0.25, 0.3) is 11.1 Å². The van der Waals surface area contributed by atoms with Crippen molar-refractivity contribution in [1.82, 2.24) is 20.1 Å². The molecule has 7 rings (SSSR count). The number of alkyl halides is 3. The van der Waals surface area contributed by atoms with Gasteiger partial charge in [-0.25, -0.2) is 9.37 Å². The Morgan fingerprint density at radius 2 is 1.89 bits per heavy atom. The zero-order valence-corrected chi connectivity index (χ0v) is 25.8. The molecule has 246 valence electrons. The van der Waals surface area contributed by atoms with E-state index in [9.17, 15) is 27.6 Å². The largest absolute Gasteiger partial charge is 0.433 e. The van der Waals surface area contributed by atoms with Gasteiger partial charge < -0.3 is 16.0 Å². The topological polar surface area (TPSA) is 136 Å². The number of aromatic nitrogens is 3. The first kappa shape index (κ1) is 31.0. The van der Waals surface area contributed by atoms with E-state index in [2.05, 4.69) is 15.4 Å². The van der Waals surface area contributed by atoms with Gasteiger partial charge in [-0.05, 0) is 75.8 Å². The molecule has 14 heteroatoms. The molecule has 2 amide bonds. The number of halogens is 4. The van der Waals surface area contributed by atoms with E-state index in [-0.39, 0.29) is 66.8 Å². The Balaban J connectivity index is 1.22. The van der Waals surface area contributed by atoms with E-state index in [0.29, 0.717) is 47.2 Å². The predicted octanol–water partition coefficient (Wildman–Crippen LogP) is 4.77. The van der Waals surface area contributed by atoms with Crippen molar-refractivity contribution in [2.75, 3.05) is 11.4 Å². The fourth-order valence-corrected chi connectivity index (χ4v) is 7.14. The third-order valence-corrected chi connectivity index (χ3v) is 9.61. The lowest BCUT2D eigenvalue weighted by atomic mass is 9.83. The lowest BCUT2D eigenvalue weighted by Crippen LogP contribution is -2.53. The van der Waals surface area contributed by atoms with Crippen molar-refractivity contribution in [2.24, 2.45) is 10.7 Å². The number of aldehydes is 1. The summed E-state index contributed by atoms with van der Waals surface area (Å²) >= 11 is 0. The molecule has 1 aromatic carbocycles. The number of amidine groups is 1. The zero-order valence-electron chi connectivity index (χ0n) is 25.8. The summed E-state index contributed by atoms with van der Waals surface area (Å²) in [6.07, 6.45) is -0.436. The number of nitrogens with zero attached hydrogens (tertiary/aromatic N) is 5. The number of anilines is 1. The fourth-order valence-electron chi connectivity index (χ4n) is 7.14. The highest BCUT2D eigenvalue weighted by Gasteiger charge is 2.49. The second-order valence-corrected chi connectivity index (χ2v) is 13.1. The summed E-state index contributed by atoms with van der Waals surface area (Å²) in [5.41, 5.74) is 6.87. The number of hydrogen-bond donors (Lipinski definition) is 2. The standard InChI is InChI=1S/C33H33F4N7O3/c1-16-13-32(31(47)40-30(41-32)21-7-8-25(33(35,36)37)39-28(21)18-3-4-18)9-10-43(16)24-12-20(11-23(34)22(24)15-45)27-17(2)42-44(14-26(38)46)29(27)19-5-6-19/h7-8,11-12,15-16,18-19H,3-6,9-10,13-14H2,1-2H3,(H2,38,46)(H,40,41,47)/t16-,32+/m0/s1. The van der Waals surface area contributed by atoms with E-state index in [1.54, 1.807) is 17.7 Å². The molecule has 4 aliphatic rings. The van der Waals surface area contributed by atoms with Crippen LogP contribution in [0.1, 0.15) is 96.0 Å². The smallest absolute Gasteiger partial charge is 0.368 e. The summed E-state index contributed by atoms with van der Waals surface area (Å²) in [5.74, 6) is -1.37. The Bertz CT molecular complexity index is 1860. The van der Waals surface area contributed by atoms with Crippen molar-refractivity contribution >= 4 is 29.6 Å². The van der Waals surface area contributed by atoms with E-state index in [1.807, 2.05) is 11.8 Å². The number of nitrogens with one attached hydrogen (secondary N) is 1. The number of carbonyl (C=O) groups is 3. The van der Waals surface area contributed by atoms with Gasteiger partial charge in [-0.3, -0.25) is 24.1 Å². The monoisotopic (exact) mass is 651 g/mol. The zero-order chi connectivity index (χ0) is 33.4. The van der Waals surface area contributed by atoms with Gasteiger partial charge in [0.1, 0.15) is 29.4 Å². The molecular formula is C33H33F4N7O3. The molecule has 47 heavy (non-hydrogen) atoms. The number of hydrogen-bond acceptors (Lipinski definition) is 7. The molecule has 1 saturated heterocycles. The van der Waals surface area contributed by atoms with Crippen LogP contribution in [-0.4, -0.2) is 56.8 Å². The van der Waals surface area contributed by atoms with Crippen LogP contribution in [-0.2, 0) is 22.3 Å². The molecule has 3 N–H and O–H groups in total. The summed E-state index contributed by atoms with van der Waals surface area (Å²) < 4.78 is 57.5. The van der Waals surface area contributed by atoms with Gasteiger partial charge in [0.2, 0.25) is 5.91 Å². The van der Waals surface area contributed by atoms with Gasteiger partial charge in [-0.2, -0.15) is 18.3 Å². The van der Waals surface area contributed by atoms with E-state index in [4.69, 9.17) is 10.7 Å². The van der Waals surface area contributed by atoms with Gasteiger partial charge in [0.25, 0.3) is 5.91 Å². The molecule has 3 aromatic rings. The molecule has 3 fully saturated rings. The normalized spacial score (nSPS) is 22.9. The van der Waals surface area contributed by atoms with Gasteiger partial charge in [0, 0.05) is 42.0 Å². The summed E-state index contributed by atoms with van der Waals surface area (Å²) in [6, 6.07) is 4.92. The summed E-state index contributed by atoms with van der Waals surface area (Å²) in [6.45, 7) is 3.80. The first-order valence-electron chi connectivity index (χ1n) is 15.7. The van der Waals surface area contributed by atoms with Crippen molar-refractivity contribution in [2.45, 2.75) is 88.5 Å². The second-order valence-electron chi connectivity index (χ2n) is 13.1. The molecule has 2 atom stereocenters. The van der Waals surface area contributed by atoms with Gasteiger partial charge in [-0.15, -0.1) is 0 Å². The number of rotatable bonds is 8. The van der Waals surface area contributed by atoms with Crippen molar-refractivity contribution in [1.29, 1.82) is 0 Å². The molecular weight excluding hydrogens is 618 g/mol. The Morgan fingerprint density at radius 3 is 2.51 bits per heavy atom. The third-order valence-electron chi connectivity index (χ3n) is 9.61. The Hall–Kier alpha value is -4.62. The third kappa shape index (κ3) is 5.46. The lowest BCUT2D eigenvalue weighted by molar-refractivity contribution is -0.141. The fraction of sp³-hybridized carbons (Fsp3) is 0.455. The number of amides is 2. The number of benzene rings is 1. The van der Waals surface area contributed by atoms with Crippen LogP contribution < -0.4 is 16.0 Å². The summed E-state index contributed by atoms with van der Waals surface area (Å²) in [5, 5.41) is 7.34. The number of piperidine rings is 1. The first-order valence-corrected chi connectivity index (χ1v) is 15.7. The van der Waals surface area contributed by atoms with Gasteiger partial charge in [-0.1, -0.05) is 0 Å². The van der Waals surface area contributed by atoms with Crippen molar-refractivity contribution < 1.29 is 31.9 Å². The number of carbonyl (C=O) groups excluding carboxylic acids is 3. The van der Waals surface area contributed by atoms with E-state index >= 15 is 4.39 Å². The minimum Gasteiger partial charge on any atom is -0.368 e. The second kappa shape index (κ2) is 11.0. The molecule has 2 aliphatic carbocycles. The average Bonchev–Trinajstić information content (AvgIpc) is 3.93. The van der Waals surface area contributed by atoms with Crippen LogP contribution >= 0.6 is 0 Å². The van der Waals surface area contributed by atoms with E-state index in [1.165, 1.54) is 12.1 Å². The molecule has 4 heterocycles. The van der Waals surface area contributed by atoms with Crippen LogP contribution in [0.2, 0.25) is 0 Å². The van der Waals surface area contributed by atoms with Gasteiger partial charge >= 0.3 is 6.18 Å². The maximum Gasteiger partial charge on any atom is 0.433 e. The number of primary amides is 1. The minimum absolute atomic E-state index is 0.102. The highest BCUT2D eigenvalue weighted by atomic mass is 19.4. The first-order chi connectivity index (χ1) is 22.3. The molecule has 0 unspecified atom stereocenters. The Kier molecular flexibility index (Phi) is 7.24. The Labute approximate surface area is 267 Å². The molecule has 0 bridgehead atoms. The summed E-state index contributed by atoms with van der Waals surface area (Å²) in [4.78, 5) is 48.0. The quantitative estimate of drug-likeness (QED) is 0.266. The van der Waals surface area contributed by atoms with Crippen molar-refractivity contribution in [3.05, 3.63) is 64.0 Å². The van der Waals surface area contributed by atoms with E-state index < -0.39 is 29.1 Å². The molecule has 10 nitrogen and oxygen atoms in total. The van der Waals surface area contributed by atoms with Crippen LogP contribution in [0.3, 0.4) is 0 Å². The number of pyridine rings is 1. The molecule has 2 aliphatic heterocycles. The molecule has 2 saturated carbocycles. The minimum atomic E-state index is -4.59. The summed E-state index contributed by atoms with van der Waals surface area (Å²) in [7, 11) is 0. The van der Waals surface area contributed by atoms with Crippen LogP contribution in [0.5, 0.6) is 0 Å². The van der Waals surface area contributed by atoms with Crippen LogP contribution in [0, 0.1) is 12.7 Å². The maximum atomic E-state index is 15.7. The van der Waals surface area contributed by atoms with Crippen molar-refractivity contribution in [3.8, 4) is 11.1 Å². The molecule has 0 radical (unpaired) electrons. The molecule has 2 aromatic heterocycles. The number of nitrogens with two attached hydrogens (primary N) is 1. The van der Waals surface area contributed by atoms with Crippen molar-refractivity contribution in [3.63, 3.8) is 0 Å². The molecule has 1 spiro atoms. The van der Waals surface area contributed by atoms with Crippen LogP contribution in [0.15, 0.2) is 29.3 Å². The number of aliphatic imine (C=N–C) groups is 1. The highest BCUT2D eigenvalue weighted by molar-refractivity contribution is 6.16. The lowest BCUT2D eigenvalue weighted by Gasteiger charge is -2.42. The number of aryl methyl sites for hydroxylation is 1. The van der Waals surface area contributed by atoms with Gasteiger partial charge in [0.15, 0.2) is 6.29 Å². The van der Waals surface area contributed by atoms with Gasteiger partial charge in [0.05, 0.1) is 28.3 Å². The van der Waals surface area contributed by atoms with Crippen LogP contribution in [0.4, 0.5) is 23.2 Å². The highest BCUT2D eigenvalue weighted by Crippen LogP contribution is 2.47. The Morgan fingerprint density at radius 1 is 1.17 bits per heavy atom.